The van der Waals surface area contributed by atoms with Crippen LogP contribution in [0, 0.1) is 6.92 Å². The molecule has 0 N–H and O–H groups in total. The Labute approximate surface area is 117 Å². The summed E-state index contributed by atoms with van der Waals surface area (Å²) in [5.41, 5.74) is 10.5. The van der Waals surface area contributed by atoms with E-state index in [-0.39, 0.29) is 12.4 Å². The third-order valence-electron chi connectivity index (χ3n) is 2.72. The number of esters is 1. The average Bonchev–Trinajstić information content (AvgIpc) is 2.38. The molecule has 1 aromatic carbocycles. The van der Waals surface area contributed by atoms with Gasteiger partial charge in [0.1, 0.15) is 0 Å². The summed E-state index contributed by atoms with van der Waals surface area (Å²) in [7, 11) is 0. The number of halogens is 1. The number of hydrogen-bond donors (Lipinski definition) is 0. The van der Waals surface area contributed by atoms with E-state index in [4.69, 9.17) is 21.9 Å². The highest BCUT2D eigenvalue weighted by Gasteiger charge is 2.15. The molecule has 0 bridgehead atoms. The largest absolute Gasteiger partial charge is 0.466 e. The van der Waals surface area contributed by atoms with Gasteiger partial charge in [0.05, 0.1) is 12.6 Å². The summed E-state index contributed by atoms with van der Waals surface area (Å²) in [4.78, 5) is 14.2. The summed E-state index contributed by atoms with van der Waals surface area (Å²) in [5, 5.41) is 4.32. The molecule has 19 heavy (non-hydrogen) atoms. The van der Waals surface area contributed by atoms with Gasteiger partial charge in [-0.25, -0.2) is 0 Å². The Morgan fingerprint density at radius 3 is 2.95 bits per heavy atom. The Kier molecular flexibility index (Phi) is 6.19. The highest BCUT2D eigenvalue weighted by molar-refractivity contribution is 6.30. The molecule has 1 rings (SSSR count). The number of carbonyl (C=O) groups excluding carboxylic acids is 1. The van der Waals surface area contributed by atoms with Crippen molar-refractivity contribution in [2.75, 3.05) is 6.61 Å². The van der Waals surface area contributed by atoms with Gasteiger partial charge in [0.15, 0.2) is 0 Å². The maximum atomic E-state index is 11.4. The van der Waals surface area contributed by atoms with Crippen molar-refractivity contribution in [2.45, 2.75) is 32.7 Å². The summed E-state index contributed by atoms with van der Waals surface area (Å²) < 4.78 is 4.86. The Hall–Kier alpha value is -1.71. The van der Waals surface area contributed by atoms with Gasteiger partial charge in [0.2, 0.25) is 0 Å². The molecule has 6 heteroatoms. The predicted octanol–water partition coefficient (Wildman–Crippen LogP) is 4.34. The molecule has 1 atom stereocenters. The molecule has 0 heterocycles. The van der Waals surface area contributed by atoms with Gasteiger partial charge in [-0.3, -0.25) is 4.79 Å². The lowest BCUT2D eigenvalue weighted by atomic mass is 9.98. The zero-order valence-corrected chi connectivity index (χ0v) is 11.7. The van der Waals surface area contributed by atoms with Crippen LogP contribution in [-0.2, 0) is 9.53 Å². The zero-order chi connectivity index (χ0) is 14.3. The van der Waals surface area contributed by atoms with Crippen molar-refractivity contribution >= 4 is 17.6 Å². The average molecular weight is 282 g/mol. The Morgan fingerprint density at radius 1 is 1.58 bits per heavy atom. The molecule has 0 amide bonds. The summed E-state index contributed by atoms with van der Waals surface area (Å²) in [5.74, 6) is -0.291. The van der Waals surface area contributed by atoms with Gasteiger partial charge in [0, 0.05) is 16.4 Å². The Bertz CT molecular complexity index is 499. The molecule has 0 aliphatic carbocycles. The molecule has 5 nitrogen and oxygen atoms in total. The predicted molar refractivity (Wildman–Crippen MR) is 73.9 cm³/mol. The lowest BCUT2D eigenvalue weighted by Gasteiger charge is -2.14. The van der Waals surface area contributed by atoms with Crippen LogP contribution in [0.3, 0.4) is 0 Å². The number of ether oxygens (including phenoxy) is 1. The molecule has 1 aromatic rings. The number of hydrogen-bond acceptors (Lipinski definition) is 3. The molecule has 0 aromatic heterocycles. The SMILES string of the molecule is CCOC(=O)CCC(N=[N+]=[N-])c1cc(Cl)ccc1C. The molecule has 1 unspecified atom stereocenters. The number of aryl methyl sites for hydroxylation is 1. The number of carbonyl (C=O) groups is 1. The second-order valence-electron chi connectivity index (χ2n) is 4.07. The van der Waals surface area contributed by atoms with Crippen molar-refractivity contribution in [1.29, 1.82) is 0 Å². The van der Waals surface area contributed by atoms with E-state index < -0.39 is 6.04 Å². The van der Waals surface area contributed by atoms with Crippen LogP contribution in [0.5, 0.6) is 0 Å². The van der Waals surface area contributed by atoms with Crippen LogP contribution in [0.1, 0.15) is 36.9 Å². The molecule has 0 spiro atoms. The second-order valence-corrected chi connectivity index (χ2v) is 4.50. The van der Waals surface area contributed by atoms with E-state index in [9.17, 15) is 4.79 Å². The van der Waals surface area contributed by atoms with E-state index in [1.807, 2.05) is 13.0 Å². The Morgan fingerprint density at radius 2 is 2.32 bits per heavy atom. The number of rotatable bonds is 6. The first kappa shape index (κ1) is 15.3. The minimum absolute atomic E-state index is 0.212. The molecule has 102 valence electrons. The first-order chi connectivity index (χ1) is 9.08. The van der Waals surface area contributed by atoms with Crippen molar-refractivity contribution in [3.05, 3.63) is 44.8 Å². The fraction of sp³-hybridized carbons (Fsp3) is 0.462. The van der Waals surface area contributed by atoms with E-state index in [0.29, 0.717) is 18.1 Å². The van der Waals surface area contributed by atoms with Gasteiger partial charge < -0.3 is 4.74 Å². The minimum atomic E-state index is -0.409. The maximum absolute atomic E-state index is 11.4. The lowest BCUT2D eigenvalue weighted by molar-refractivity contribution is -0.143. The van der Waals surface area contributed by atoms with Crippen LogP contribution in [0.4, 0.5) is 0 Å². The molecule has 0 aliphatic heterocycles. The van der Waals surface area contributed by atoms with Crippen LogP contribution < -0.4 is 0 Å². The van der Waals surface area contributed by atoms with Crippen molar-refractivity contribution in [3.8, 4) is 0 Å². The van der Waals surface area contributed by atoms with Crippen LogP contribution in [0.15, 0.2) is 23.3 Å². The van der Waals surface area contributed by atoms with E-state index in [0.717, 1.165) is 11.1 Å². The molecular formula is C13H16ClN3O2. The molecule has 0 fully saturated rings. The molecule has 0 saturated heterocycles. The van der Waals surface area contributed by atoms with Crippen LogP contribution >= 0.6 is 11.6 Å². The monoisotopic (exact) mass is 281 g/mol. The van der Waals surface area contributed by atoms with Crippen molar-refractivity contribution in [3.63, 3.8) is 0 Å². The molecular weight excluding hydrogens is 266 g/mol. The van der Waals surface area contributed by atoms with Gasteiger partial charge in [-0.1, -0.05) is 22.8 Å². The highest BCUT2D eigenvalue weighted by Crippen LogP contribution is 2.28. The normalized spacial score (nSPS) is 11.5. The first-order valence-corrected chi connectivity index (χ1v) is 6.42. The van der Waals surface area contributed by atoms with Crippen molar-refractivity contribution in [1.82, 2.24) is 0 Å². The van der Waals surface area contributed by atoms with E-state index in [2.05, 4.69) is 10.0 Å². The maximum Gasteiger partial charge on any atom is 0.305 e. The van der Waals surface area contributed by atoms with E-state index in [1.165, 1.54) is 0 Å². The highest BCUT2D eigenvalue weighted by atomic mass is 35.5. The standard InChI is InChI=1S/C13H16ClN3O2/c1-3-19-13(18)7-6-12(16-17-15)11-8-10(14)5-4-9(11)2/h4-5,8,12H,3,6-7H2,1-2H3. The molecule has 0 saturated carbocycles. The summed E-state index contributed by atoms with van der Waals surface area (Å²) in [6.07, 6.45) is 0.619. The van der Waals surface area contributed by atoms with Gasteiger partial charge in [-0.2, -0.15) is 0 Å². The first-order valence-electron chi connectivity index (χ1n) is 6.04. The van der Waals surface area contributed by atoms with E-state index in [1.54, 1.807) is 19.1 Å². The smallest absolute Gasteiger partial charge is 0.305 e. The van der Waals surface area contributed by atoms with Gasteiger partial charge in [0.25, 0.3) is 0 Å². The second kappa shape index (κ2) is 7.67. The summed E-state index contributed by atoms with van der Waals surface area (Å²) in [6.45, 7) is 4.01. The topological polar surface area (TPSA) is 75.1 Å². The van der Waals surface area contributed by atoms with E-state index >= 15 is 0 Å². The summed E-state index contributed by atoms with van der Waals surface area (Å²) >= 11 is 5.95. The van der Waals surface area contributed by atoms with Gasteiger partial charge >= 0.3 is 5.97 Å². The fourth-order valence-electron chi connectivity index (χ4n) is 1.80. The van der Waals surface area contributed by atoms with Crippen LogP contribution in [0.25, 0.3) is 10.4 Å². The number of azide groups is 1. The third kappa shape index (κ3) is 4.81. The summed E-state index contributed by atoms with van der Waals surface area (Å²) in [6, 6.07) is 5.00. The lowest BCUT2D eigenvalue weighted by Crippen LogP contribution is -2.07. The zero-order valence-electron chi connectivity index (χ0n) is 11.0. The van der Waals surface area contributed by atoms with Crippen LogP contribution in [0.2, 0.25) is 5.02 Å². The third-order valence-corrected chi connectivity index (χ3v) is 2.95. The van der Waals surface area contributed by atoms with Crippen LogP contribution in [-0.4, -0.2) is 12.6 Å². The minimum Gasteiger partial charge on any atom is -0.466 e. The fourth-order valence-corrected chi connectivity index (χ4v) is 1.98. The van der Waals surface area contributed by atoms with Crippen molar-refractivity contribution < 1.29 is 9.53 Å². The van der Waals surface area contributed by atoms with Gasteiger partial charge in [-0.05, 0) is 49.1 Å². The number of benzene rings is 1. The van der Waals surface area contributed by atoms with Gasteiger partial charge in [-0.15, -0.1) is 0 Å². The molecule has 0 aliphatic rings. The Balaban J connectivity index is 2.85. The number of nitrogens with zero attached hydrogens (tertiary/aromatic N) is 3. The molecule has 0 radical (unpaired) electrons. The van der Waals surface area contributed by atoms with Crippen molar-refractivity contribution in [2.24, 2.45) is 5.11 Å². The quantitative estimate of drug-likeness (QED) is 0.336.